The molecule has 1 aromatic rings. The van der Waals surface area contributed by atoms with Crippen molar-refractivity contribution in [1.29, 1.82) is 0 Å². The number of aromatic nitrogens is 4. The molecule has 0 saturated heterocycles. The number of carboxylic acid groups (broad SMARTS) is 3. The summed E-state index contributed by atoms with van der Waals surface area (Å²) in [6, 6.07) is -4.15. The summed E-state index contributed by atoms with van der Waals surface area (Å²) in [5, 5.41) is 56.8. The van der Waals surface area contributed by atoms with Crippen molar-refractivity contribution in [2.45, 2.75) is 116 Å². The highest BCUT2D eigenvalue weighted by atomic mass is 79.9. The number of tetrazole rings is 1. The van der Waals surface area contributed by atoms with Gasteiger partial charge in [-0.25, -0.2) is 27.9 Å². The van der Waals surface area contributed by atoms with Gasteiger partial charge in [-0.05, 0) is 60.8 Å². The number of unbranched alkanes of at least 4 members (excludes halogenated alkanes) is 1. The number of hydrogen-bond acceptors (Lipinski definition) is 19. The number of carbonyl (C=O) groups is 10. The van der Waals surface area contributed by atoms with Gasteiger partial charge in [0.25, 0.3) is 0 Å². The van der Waals surface area contributed by atoms with Gasteiger partial charge in [-0.15, -0.1) is 5.10 Å². The summed E-state index contributed by atoms with van der Waals surface area (Å²) in [4.78, 5) is 121. The van der Waals surface area contributed by atoms with Crippen molar-refractivity contribution < 1.29 is 90.6 Å². The van der Waals surface area contributed by atoms with Gasteiger partial charge in [-0.1, -0.05) is 43.6 Å². The molecule has 0 aliphatic rings. The average molecular weight is 1170 g/mol. The van der Waals surface area contributed by atoms with Crippen molar-refractivity contribution in [3.05, 3.63) is 5.82 Å². The number of carboxylic acids is 3. The molecule has 0 fully saturated rings. The summed E-state index contributed by atoms with van der Waals surface area (Å²) in [5.74, 6) is -8.25. The molecule has 30 nitrogen and oxygen atoms in total. The highest BCUT2D eigenvalue weighted by Gasteiger charge is 2.37. The molecule has 32 heteroatoms. The Hall–Kier alpha value is -5.96. The molecule has 0 aliphatic carbocycles. The largest absolute Gasteiger partial charge is 0.480 e. The maximum atomic E-state index is 12.9. The molecule has 432 valence electrons. The van der Waals surface area contributed by atoms with Crippen LogP contribution in [0.15, 0.2) is 0 Å². The topological polar surface area (TPSA) is 441 Å². The van der Waals surface area contributed by atoms with E-state index in [0.717, 1.165) is 0 Å². The van der Waals surface area contributed by atoms with Crippen LogP contribution in [0.2, 0.25) is 0 Å². The van der Waals surface area contributed by atoms with E-state index in [2.05, 4.69) is 73.2 Å². The molecule has 0 saturated carbocycles. The standard InChI is InChI=1S/C44H74BrN11O19S/c1-43(2,24-32-52-55-56-53-32)28-44(3,4)42(69)54-76(70,71)23-7-9-33(57)47-15-17-72-19-22-75-27-38(62)51-31(41(67)68)11-13-35(59)49-30(40(65)66)10-12-34(58)48-16-18-73-20-21-74-26-37(61)50-29(39(63)64)8-5-6-14-46-36(60)25-45/h29-31H,5-28H2,1-4H3,(H,46,60)(H,47,57)(H,48,58)(H,49,59)(H,50,61)(H,51,62)(H,54,69)(H,63,64)(H,65,66)(H,67,68)(H,52,53,55,56). The summed E-state index contributed by atoms with van der Waals surface area (Å²) in [6.45, 7) is 6.55. The lowest BCUT2D eigenvalue weighted by atomic mass is 9.73. The van der Waals surface area contributed by atoms with Gasteiger partial charge in [0, 0.05) is 50.7 Å². The Labute approximate surface area is 448 Å². The summed E-state index contributed by atoms with van der Waals surface area (Å²) in [6.07, 6.45) is 0.186. The van der Waals surface area contributed by atoms with E-state index < -0.39 is 124 Å². The van der Waals surface area contributed by atoms with E-state index in [0.29, 0.717) is 38.1 Å². The van der Waals surface area contributed by atoms with Crippen LogP contribution in [0, 0.1) is 10.8 Å². The molecule has 1 rings (SSSR count). The number of hydrogen-bond donors (Lipinski definition) is 11. The number of carbonyl (C=O) groups excluding carboxylic acids is 7. The molecular weight excluding hydrogens is 1100 g/mol. The molecule has 1 heterocycles. The number of H-pyrrole nitrogens is 1. The van der Waals surface area contributed by atoms with Gasteiger partial charge in [-0.3, -0.25) is 38.3 Å². The number of halogens is 1. The molecule has 0 spiro atoms. The van der Waals surface area contributed by atoms with Crippen LogP contribution >= 0.6 is 15.9 Å². The molecule has 3 unspecified atom stereocenters. The third-order valence-corrected chi connectivity index (χ3v) is 12.4. The SMILES string of the molecule is CC(C)(Cc1nnn[nH]1)CC(C)(C)C(=O)NS(=O)(=O)CCCC(=O)NCCOCCOCC(=O)NC(CCC(=O)NC(CCC(=O)NCCOCCOCC(=O)NC(CCCCNC(=O)CBr)C(=O)O)C(=O)O)C(=O)O. The maximum absolute atomic E-state index is 12.9. The van der Waals surface area contributed by atoms with Gasteiger partial charge in [0.05, 0.1) is 50.7 Å². The van der Waals surface area contributed by atoms with Crippen molar-refractivity contribution >= 4 is 85.2 Å². The first-order chi connectivity index (χ1) is 35.8. The lowest BCUT2D eigenvalue weighted by molar-refractivity contribution is -0.144. The van der Waals surface area contributed by atoms with Crippen LogP contribution in [-0.4, -0.2) is 205 Å². The summed E-state index contributed by atoms with van der Waals surface area (Å²) < 4.78 is 48.3. The first-order valence-electron chi connectivity index (χ1n) is 24.3. The Morgan fingerprint density at radius 1 is 0.592 bits per heavy atom. The van der Waals surface area contributed by atoms with Gasteiger partial charge in [0.1, 0.15) is 37.2 Å². The third kappa shape index (κ3) is 33.2. The van der Waals surface area contributed by atoms with E-state index >= 15 is 0 Å². The van der Waals surface area contributed by atoms with E-state index in [4.69, 9.17) is 18.9 Å². The van der Waals surface area contributed by atoms with Gasteiger partial charge in [-0.2, -0.15) is 0 Å². The van der Waals surface area contributed by atoms with Crippen molar-refractivity contribution in [1.82, 2.24) is 57.2 Å². The summed E-state index contributed by atoms with van der Waals surface area (Å²) in [5.41, 5.74) is -1.50. The van der Waals surface area contributed by atoms with Crippen LogP contribution < -0.4 is 36.6 Å². The minimum Gasteiger partial charge on any atom is -0.480 e. The van der Waals surface area contributed by atoms with E-state index in [1.54, 1.807) is 13.8 Å². The van der Waals surface area contributed by atoms with Crippen LogP contribution in [0.25, 0.3) is 0 Å². The minimum absolute atomic E-state index is 0.0118. The van der Waals surface area contributed by atoms with Crippen LogP contribution in [-0.2, 0) is 83.3 Å². The Morgan fingerprint density at radius 3 is 1.57 bits per heavy atom. The second-order valence-electron chi connectivity index (χ2n) is 18.6. The zero-order chi connectivity index (χ0) is 57.2. The number of ether oxygens (including phenoxy) is 4. The first-order valence-corrected chi connectivity index (χ1v) is 27.0. The Bertz CT molecular complexity index is 2130. The molecule has 0 aromatic carbocycles. The van der Waals surface area contributed by atoms with Crippen molar-refractivity contribution in [2.24, 2.45) is 10.8 Å². The fraction of sp³-hybridized carbons (Fsp3) is 0.750. The zero-order valence-electron chi connectivity index (χ0n) is 43.2. The number of nitrogens with zero attached hydrogens (tertiary/aromatic N) is 3. The Morgan fingerprint density at radius 2 is 1.07 bits per heavy atom. The minimum atomic E-state index is -4.03. The predicted octanol–water partition coefficient (Wildman–Crippen LogP) is -2.34. The molecule has 0 aliphatic heterocycles. The molecule has 11 N–H and O–H groups in total. The van der Waals surface area contributed by atoms with Crippen LogP contribution in [0.3, 0.4) is 0 Å². The number of alkyl halides is 1. The highest BCUT2D eigenvalue weighted by molar-refractivity contribution is 9.09. The predicted molar refractivity (Wildman–Crippen MR) is 268 cm³/mol. The monoisotopic (exact) mass is 1170 g/mol. The molecule has 76 heavy (non-hydrogen) atoms. The second-order valence-corrected chi connectivity index (χ2v) is 21.0. The van der Waals surface area contributed by atoms with E-state index in [-0.39, 0.29) is 96.1 Å². The highest BCUT2D eigenvalue weighted by Crippen LogP contribution is 2.36. The number of aromatic amines is 1. The molecule has 0 radical (unpaired) electrons. The summed E-state index contributed by atoms with van der Waals surface area (Å²) >= 11 is 3.02. The molecule has 0 bridgehead atoms. The van der Waals surface area contributed by atoms with Gasteiger partial charge < -0.3 is 66.2 Å². The van der Waals surface area contributed by atoms with Gasteiger partial charge in [0.2, 0.25) is 51.4 Å². The smallest absolute Gasteiger partial charge is 0.326 e. The maximum Gasteiger partial charge on any atom is 0.326 e. The Balaban J connectivity index is 2.22. The van der Waals surface area contributed by atoms with Gasteiger partial charge >= 0.3 is 17.9 Å². The molecule has 7 amide bonds. The Kier molecular flexibility index (Phi) is 33.1. The number of amides is 7. The molecule has 3 atom stereocenters. The number of sulfonamides is 1. The average Bonchev–Trinajstić information content (AvgIpc) is 3.84. The third-order valence-electron chi connectivity index (χ3n) is 10.6. The summed E-state index contributed by atoms with van der Waals surface area (Å²) in [7, 11) is -4.03. The van der Waals surface area contributed by atoms with Crippen molar-refractivity contribution in [2.75, 3.05) is 83.6 Å². The van der Waals surface area contributed by atoms with Crippen LogP contribution in [0.1, 0.15) is 97.7 Å². The van der Waals surface area contributed by atoms with E-state index in [1.165, 1.54) is 0 Å². The number of rotatable bonds is 44. The van der Waals surface area contributed by atoms with Gasteiger partial charge in [0.15, 0.2) is 0 Å². The lowest BCUT2D eigenvalue weighted by Crippen LogP contribution is -2.45. The van der Waals surface area contributed by atoms with E-state index in [1.807, 2.05) is 13.8 Å². The lowest BCUT2D eigenvalue weighted by Gasteiger charge is -2.33. The first kappa shape index (κ1) is 68.1. The number of nitrogens with one attached hydrogen (secondary N) is 8. The van der Waals surface area contributed by atoms with E-state index in [9.17, 15) is 71.7 Å². The normalized spacial score (nSPS) is 12.8. The molecular formula is C44H74BrN11O19S. The van der Waals surface area contributed by atoms with Crippen LogP contribution in [0.5, 0.6) is 0 Å². The molecule has 1 aromatic heterocycles. The van der Waals surface area contributed by atoms with Crippen molar-refractivity contribution in [3.8, 4) is 0 Å². The van der Waals surface area contributed by atoms with Crippen molar-refractivity contribution in [3.63, 3.8) is 0 Å². The number of aliphatic carboxylic acids is 3. The zero-order valence-corrected chi connectivity index (χ0v) is 45.6. The second kappa shape index (κ2) is 36.9. The fourth-order valence-corrected chi connectivity index (χ4v) is 8.46. The quantitative estimate of drug-likeness (QED) is 0.0241. The van der Waals surface area contributed by atoms with Crippen LogP contribution in [0.4, 0.5) is 0 Å². The fourth-order valence-electron chi connectivity index (χ4n) is 7.08.